The van der Waals surface area contributed by atoms with E-state index < -0.39 is 11.4 Å². The molecule has 0 saturated carbocycles. The minimum Gasteiger partial charge on any atom is -0.598 e. The van der Waals surface area contributed by atoms with Gasteiger partial charge in [0.25, 0.3) is 0 Å². The summed E-state index contributed by atoms with van der Waals surface area (Å²) in [6, 6.07) is 15.4. The first-order chi connectivity index (χ1) is 16.0. The maximum atomic E-state index is 12.5. The maximum Gasteiger partial charge on any atom is 0.178 e. The highest BCUT2D eigenvalue weighted by Gasteiger charge is 2.28. The van der Waals surface area contributed by atoms with E-state index in [0.717, 1.165) is 33.4 Å². The summed E-state index contributed by atoms with van der Waals surface area (Å²) in [6.07, 6.45) is 1.79. The van der Waals surface area contributed by atoms with Crippen LogP contribution in [0.25, 0.3) is 28.0 Å². The lowest BCUT2D eigenvalue weighted by atomic mass is 10.1. The van der Waals surface area contributed by atoms with E-state index in [4.69, 9.17) is 4.98 Å². The van der Waals surface area contributed by atoms with Crippen molar-refractivity contribution >= 4 is 28.0 Å². The van der Waals surface area contributed by atoms with Crippen molar-refractivity contribution in [3.8, 4) is 17.1 Å². The fraction of sp³-hybridized carbons (Fsp3) is 0.308. The summed E-state index contributed by atoms with van der Waals surface area (Å²) in [5.41, 5.74) is 4.79. The number of aromatic nitrogens is 4. The van der Waals surface area contributed by atoms with Crippen LogP contribution in [0, 0.1) is 6.92 Å². The summed E-state index contributed by atoms with van der Waals surface area (Å²) in [5.74, 6) is 0.514. The van der Waals surface area contributed by atoms with E-state index in [0.29, 0.717) is 11.5 Å². The second kappa shape index (κ2) is 9.29. The molecule has 2 atom stereocenters. The number of hydrogen-bond donors (Lipinski definition) is 1. The Hall–Kier alpha value is -3.07. The number of rotatable bonds is 6. The van der Waals surface area contributed by atoms with Gasteiger partial charge in [-0.1, -0.05) is 18.2 Å². The molecule has 176 valence electrons. The molecule has 0 aliphatic carbocycles. The number of ketones is 1. The van der Waals surface area contributed by atoms with E-state index in [1.807, 2.05) is 77.1 Å². The predicted molar refractivity (Wildman–Crippen MR) is 136 cm³/mol. The van der Waals surface area contributed by atoms with Crippen LogP contribution >= 0.6 is 0 Å². The van der Waals surface area contributed by atoms with Crippen LogP contribution in [0.15, 0.2) is 54.7 Å². The van der Waals surface area contributed by atoms with Crippen molar-refractivity contribution in [1.82, 2.24) is 24.5 Å². The van der Waals surface area contributed by atoms with E-state index in [1.54, 1.807) is 16.9 Å². The highest BCUT2D eigenvalue weighted by atomic mass is 32.2. The highest BCUT2D eigenvalue weighted by molar-refractivity contribution is 7.90. The molecule has 1 N–H and O–H groups in total. The summed E-state index contributed by atoms with van der Waals surface area (Å²) in [6.45, 7) is 11.2. The molecule has 34 heavy (non-hydrogen) atoms. The van der Waals surface area contributed by atoms with Crippen LogP contribution < -0.4 is 4.72 Å². The van der Waals surface area contributed by atoms with Crippen molar-refractivity contribution in [3.63, 3.8) is 0 Å². The van der Waals surface area contributed by atoms with Crippen molar-refractivity contribution in [1.29, 1.82) is 0 Å². The quantitative estimate of drug-likeness (QED) is 0.308. The molecule has 0 bridgehead atoms. The molecular weight excluding hydrogens is 446 g/mol. The average molecular weight is 476 g/mol. The largest absolute Gasteiger partial charge is 0.598 e. The normalized spacial score (nSPS) is 13.7. The molecule has 1 aromatic carbocycles. The summed E-state index contributed by atoms with van der Waals surface area (Å²) in [7, 11) is 0. The molecule has 1 unspecified atom stereocenters. The molecule has 3 aromatic heterocycles. The lowest BCUT2D eigenvalue weighted by Gasteiger charge is -2.26. The Morgan fingerprint density at radius 3 is 2.59 bits per heavy atom. The second-order valence-corrected chi connectivity index (χ2v) is 11.4. The monoisotopic (exact) mass is 475 g/mol. The molecule has 0 aliphatic heterocycles. The SMILES string of the molecule is CC(=O)c1cc(C)cc(-n2ncc3ccc(-c4cccc([C@H](C)N[S+]([O-])C(C)(C)C)n4)cc32)n1. The molecule has 8 heteroatoms. The fourth-order valence-electron chi connectivity index (χ4n) is 3.55. The Bertz CT molecular complexity index is 1360. The Balaban J connectivity index is 1.71. The van der Waals surface area contributed by atoms with E-state index in [-0.39, 0.29) is 16.6 Å². The van der Waals surface area contributed by atoms with Crippen molar-refractivity contribution in [2.45, 2.75) is 52.3 Å². The van der Waals surface area contributed by atoms with E-state index in [2.05, 4.69) is 14.8 Å². The Morgan fingerprint density at radius 2 is 1.88 bits per heavy atom. The van der Waals surface area contributed by atoms with Crippen molar-refractivity contribution in [3.05, 3.63) is 71.7 Å². The Morgan fingerprint density at radius 1 is 1.12 bits per heavy atom. The van der Waals surface area contributed by atoms with Crippen molar-refractivity contribution in [2.75, 3.05) is 0 Å². The zero-order valence-corrected chi connectivity index (χ0v) is 21.1. The predicted octanol–water partition coefficient (Wildman–Crippen LogP) is 5.11. The lowest BCUT2D eigenvalue weighted by molar-refractivity contribution is 0.101. The van der Waals surface area contributed by atoms with Gasteiger partial charge < -0.3 is 4.55 Å². The molecule has 4 rings (SSSR count). The van der Waals surface area contributed by atoms with E-state index in [1.165, 1.54) is 6.92 Å². The number of pyridine rings is 2. The fourth-order valence-corrected chi connectivity index (χ4v) is 4.34. The highest BCUT2D eigenvalue weighted by Crippen LogP contribution is 2.27. The maximum absolute atomic E-state index is 12.5. The zero-order chi connectivity index (χ0) is 24.6. The second-order valence-electron chi connectivity index (χ2n) is 9.44. The van der Waals surface area contributed by atoms with Crippen LogP contribution in [-0.2, 0) is 11.4 Å². The molecule has 4 aromatic rings. The lowest BCUT2D eigenvalue weighted by Crippen LogP contribution is -2.40. The summed E-state index contributed by atoms with van der Waals surface area (Å²) >= 11 is -1.20. The minimum atomic E-state index is -1.20. The molecule has 0 spiro atoms. The van der Waals surface area contributed by atoms with Gasteiger partial charge in [-0.25, -0.2) is 9.67 Å². The minimum absolute atomic E-state index is 0.0850. The van der Waals surface area contributed by atoms with Gasteiger partial charge in [0, 0.05) is 29.2 Å². The Kier molecular flexibility index (Phi) is 6.58. The smallest absolute Gasteiger partial charge is 0.178 e. The third-order valence-electron chi connectivity index (χ3n) is 5.45. The molecule has 0 amide bonds. The van der Waals surface area contributed by atoms with E-state index in [9.17, 15) is 9.35 Å². The van der Waals surface area contributed by atoms with Crippen LogP contribution in [-0.4, -0.2) is 34.8 Å². The molecule has 7 nitrogen and oxygen atoms in total. The van der Waals surface area contributed by atoms with Gasteiger partial charge in [0.1, 0.15) is 10.4 Å². The first kappa shape index (κ1) is 24.1. The van der Waals surface area contributed by atoms with Gasteiger partial charge in [-0.05, 0) is 70.5 Å². The van der Waals surface area contributed by atoms with Gasteiger partial charge >= 0.3 is 0 Å². The molecule has 0 fully saturated rings. The summed E-state index contributed by atoms with van der Waals surface area (Å²) in [4.78, 5) is 21.3. The molecule has 0 saturated heterocycles. The average Bonchev–Trinajstić information content (AvgIpc) is 3.21. The zero-order valence-electron chi connectivity index (χ0n) is 20.3. The van der Waals surface area contributed by atoms with Crippen LogP contribution in [0.1, 0.15) is 62.4 Å². The first-order valence-electron chi connectivity index (χ1n) is 11.2. The number of aryl methyl sites for hydroxylation is 1. The number of fused-ring (bicyclic) bond motifs is 1. The number of nitrogens with zero attached hydrogens (tertiary/aromatic N) is 4. The molecular formula is C26H29N5O2S. The Labute approximate surface area is 202 Å². The summed E-state index contributed by atoms with van der Waals surface area (Å²) in [5, 5.41) is 5.48. The summed E-state index contributed by atoms with van der Waals surface area (Å²) < 4.78 is 17.1. The molecule has 0 radical (unpaired) electrons. The van der Waals surface area contributed by atoms with Gasteiger partial charge in [0.05, 0.1) is 29.1 Å². The van der Waals surface area contributed by atoms with Gasteiger partial charge in [-0.15, -0.1) is 4.72 Å². The third-order valence-corrected chi connectivity index (χ3v) is 7.13. The number of hydrogen-bond acceptors (Lipinski definition) is 6. The van der Waals surface area contributed by atoms with Gasteiger partial charge in [0.2, 0.25) is 0 Å². The number of Topliss-reactive ketones (excluding diaryl/α,β-unsaturated/α-hetero) is 1. The van der Waals surface area contributed by atoms with Crippen LogP contribution in [0.3, 0.4) is 0 Å². The van der Waals surface area contributed by atoms with Crippen LogP contribution in [0.2, 0.25) is 0 Å². The first-order valence-corrected chi connectivity index (χ1v) is 12.3. The standard InChI is InChI=1S/C26H29N5O2S/c1-16-12-23(18(3)32)29-25(13-16)31-24-14-19(10-11-20(24)15-27-31)22-9-7-8-21(28-22)17(2)30-34(33)26(4,5)6/h7-15,17,30H,1-6H3/t17-,34?/m0/s1. The van der Waals surface area contributed by atoms with Crippen molar-refractivity contribution < 1.29 is 9.35 Å². The van der Waals surface area contributed by atoms with Crippen LogP contribution in [0.5, 0.6) is 0 Å². The van der Waals surface area contributed by atoms with E-state index >= 15 is 0 Å². The number of nitrogens with one attached hydrogen (secondary N) is 1. The molecule has 3 heterocycles. The van der Waals surface area contributed by atoms with Crippen molar-refractivity contribution in [2.24, 2.45) is 0 Å². The third kappa shape index (κ3) is 5.04. The molecule has 0 aliphatic rings. The number of carbonyl (C=O) groups excluding carboxylic acids is 1. The van der Waals surface area contributed by atoms with Gasteiger partial charge in [-0.2, -0.15) is 5.10 Å². The number of carbonyl (C=O) groups is 1. The van der Waals surface area contributed by atoms with Gasteiger partial charge in [0.15, 0.2) is 11.6 Å². The van der Waals surface area contributed by atoms with Crippen LogP contribution in [0.4, 0.5) is 0 Å². The number of benzene rings is 1. The topological polar surface area (TPSA) is 95.8 Å². The van der Waals surface area contributed by atoms with Gasteiger partial charge in [-0.3, -0.25) is 9.78 Å².